The Hall–Kier alpha value is -2.42. The molecule has 2 aliphatic rings. The maximum Gasteiger partial charge on any atom is 0.410 e. The van der Waals surface area contributed by atoms with E-state index in [-0.39, 0.29) is 12.5 Å². The zero-order valence-corrected chi connectivity index (χ0v) is 13.1. The van der Waals surface area contributed by atoms with Crippen LogP contribution in [0.2, 0.25) is 0 Å². The molecule has 124 valence electrons. The molecule has 0 unspecified atom stereocenters. The largest absolute Gasteiger partial charge is 0.448 e. The van der Waals surface area contributed by atoms with Gasteiger partial charge in [0.15, 0.2) is 0 Å². The molecule has 0 radical (unpaired) electrons. The fraction of sp³-hybridized carbons (Fsp3) is 0.571. The second kappa shape index (κ2) is 6.78. The summed E-state index contributed by atoms with van der Waals surface area (Å²) in [6.07, 6.45) is 2.71. The van der Waals surface area contributed by atoms with Crippen LogP contribution in [0.1, 0.15) is 0 Å². The number of cyclic esters (lactones) is 1. The molecule has 1 aromatic heterocycles. The molecular formula is C14H20N6O3. The molecule has 9 nitrogen and oxygen atoms in total. The van der Waals surface area contributed by atoms with E-state index in [1.165, 1.54) is 4.90 Å². The Bertz CT molecular complexity index is 570. The summed E-state index contributed by atoms with van der Waals surface area (Å²) in [7, 11) is 2.09. The highest BCUT2D eigenvalue weighted by atomic mass is 16.6. The second-order valence-corrected chi connectivity index (χ2v) is 5.65. The number of anilines is 2. The fourth-order valence-corrected chi connectivity index (χ4v) is 2.50. The normalized spacial score (nSPS) is 18.9. The van der Waals surface area contributed by atoms with E-state index in [0.717, 1.165) is 26.2 Å². The molecule has 1 N–H and O–H groups in total. The number of nitrogens with zero attached hydrogens (tertiary/aromatic N) is 5. The van der Waals surface area contributed by atoms with E-state index in [1.54, 1.807) is 12.4 Å². The van der Waals surface area contributed by atoms with Crippen molar-refractivity contribution in [3.8, 4) is 0 Å². The first-order chi connectivity index (χ1) is 11.1. The van der Waals surface area contributed by atoms with Gasteiger partial charge in [-0.25, -0.2) is 14.8 Å². The second-order valence-electron chi connectivity index (χ2n) is 5.65. The monoisotopic (exact) mass is 320 g/mol. The van der Waals surface area contributed by atoms with Crippen LogP contribution in [-0.2, 0) is 9.53 Å². The molecule has 9 heteroatoms. The Morgan fingerprint density at radius 3 is 2.52 bits per heavy atom. The van der Waals surface area contributed by atoms with E-state index in [9.17, 15) is 9.59 Å². The molecule has 2 amide bonds. The number of nitrogens with one attached hydrogen (secondary N) is 1. The van der Waals surface area contributed by atoms with Gasteiger partial charge in [0.05, 0.1) is 24.6 Å². The van der Waals surface area contributed by atoms with Crippen LogP contribution in [0, 0.1) is 0 Å². The average molecular weight is 320 g/mol. The van der Waals surface area contributed by atoms with Gasteiger partial charge < -0.3 is 19.9 Å². The molecule has 0 aliphatic carbocycles. The standard InChI is InChI=1S/C14H20N6O3/c1-18-2-4-19(5-3-18)13-15-8-11(9-16-13)17-12(21)10-20-6-7-23-14(20)22/h8-9H,2-7,10H2,1H3,(H,17,21). The summed E-state index contributed by atoms with van der Waals surface area (Å²) >= 11 is 0. The van der Waals surface area contributed by atoms with Gasteiger partial charge in [0.2, 0.25) is 11.9 Å². The number of amides is 2. The number of carbonyl (C=O) groups is 2. The van der Waals surface area contributed by atoms with Crippen molar-refractivity contribution >= 4 is 23.6 Å². The van der Waals surface area contributed by atoms with E-state index in [0.29, 0.717) is 24.8 Å². The van der Waals surface area contributed by atoms with Crippen molar-refractivity contribution in [2.75, 3.05) is 63.1 Å². The number of piperazine rings is 1. The van der Waals surface area contributed by atoms with E-state index in [4.69, 9.17) is 4.74 Å². The summed E-state index contributed by atoms with van der Waals surface area (Å²) in [6, 6.07) is 0. The van der Waals surface area contributed by atoms with Crippen LogP contribution in [0.15, 0.2) is 12.4 Å². The lowest BCUT2D eigenvalue weighted by Crippen LogP contribution is -2.45. The van der Waals surface area contributed by atoms with Gasteiger partial charge in [0.25, 0.3) is 0 Å². The third kappa shape index (κ3) is 3.86. The van der Waals surface area contributed by atoms with Crippen LogP contribution in [0.4, 0.5) is 16.4 Å². The van der Waals surface area contributed by atoms with Crippen molar-refractivity contribution in [3.05, 3.63) is 12.4 Å². The van der Waals surface area contributed by atoms with Gasteiger partial charge >= 0.3 is 6.09 Å². The van der Waals surface area contributed by atoms with Gasteiger partial charge in [-0.05, 0) is 7.05 Å². The Kier molecular flexibility index (Phi) is 4.56. The van der Waals surface area contributed by atoms with Crippen molar-refractivity contribution in [2.45, 2.75) is 0 Å². The first-order valence-electron chi connectivity index (χ1n) is 7.59. The molecule has 0 bridgehead atoms. The number of aromatic nitrogens is 2. The van der Waals surface area contributed by atoms with Crippen LogP contribution >= 0.6 is 0 Å². The maximum atomic E-state index is 11.9. The van der Waals surface area contributed by atoms with Gasteiger partial charge in [-0.2, -0.15) is 0 Å². The summed E-state index contributed by atoms with van der Waals surface area (Å²) in [5.41, 5.74) is 0.514. The topological polar surface area (TPSA) is 90.9 Å². The Balaban J connectivity index is 1.53. The number of likely N-dealkylation sites (N-methyl/N-ethyl adjacent to an activating group) is 1. The Morgan fingerprint density at radius 2 is 1.91 bits per heavy atom. The first-order valence-corrected chi connectivity index (χ1v) is 7.59. The predicted octanol–water partition coefficient (Wildman–Crippen LogP) is -0.381. The molecule has 0 spiro atoms. The van der Waals surface area contributed by atoms with Crippen LogP contribution in [0.3, 0.4) is 0 Å². The highest BCUT2D eigenvalue weighted by Gasteiger charge is 2.24. The number of ether oxygens (including phenoxy) is 1. The summed E-state index contributed by atoms with van der Waals surface area (Å²) in [6.45, 7) is 4.47. The van der Waals surface area contributed by atoms with Crippen molar-refractivity contribution in [1.82, 2.24) is 19.8 Å². The summed E-state index contributed by atoms with van der Waals surface area (Å²) in [5.74, 6) is 0.374. The van der Waals surface area contributed by atoms with E-state index in [1.807, 2.05) is 0 Å². The van der Waals surface area contributed by atoms with Crippen molar-refractivity contribution < 1.29 is 14.3 Å². The SMILES string of the molecule is CN1CCN(c2ncc(NC(=O)CN3CCOC3=O)cn2)CC1. The summed E-state index contributed by atoms with van der Waals surface area (Å²) < 4.78 is 4.78. The molecule has 1 aromatic rings. The molecule has 3 rings (SSSR count). The molecule has 0 saturated carbocycles. The van der Waals surface area contributed by atoms with Crippen molar-refractivity contribution in [1.29, 1.82) is 0 Å². The number of hydrogen-bond donors (Lipinski definition) is 1. The predicted molar refractivity (Wildman–Crippen MR) is 83.3 cm³/mol. The van der Waals surface area contributed by atoms with Gasteiger partial charge in [0, 0.05) is 26.2 Å². The summed E-state index contributed by atoms with van der Waals surface area (Å²) in [4.78, 5) is 37.5. The third-order valence-electron chi connectivity index (χ3n) is 3.89. The number of rotatable bonds is 4. The molecule has 0 atom stereocenters. The third-order valence-corrected chi connectivity index (χ3v) is 3.89. The minimum absolute atomic E-state index is 0.0287. The lowest BCUT2D eigenvalue weighted by Gasteiger charge is -2.32. The van der Waals surface area contributed by atoms with E-state index >= 15 is 0 Å². The lowest BCUT2D eigenvalue weighted by molar-refractivity contribution is -0.116. The smallest absolute Gasteiger partial charge is 0.410 e. The molecule has 2 saturated heterocycles. The minimum Gasteiger partial charge on any atom is -0.448 e. The highest BCUT2D eigenvalue weighted by Crippen LogP contribution is 2.12. The highest BCUT2D eigenvalue weighted by molar-refractivity contribution is 5.93. The molecule has 23 heavy (non-hydrogen) atoms. The molecule has 2 aliphatic heterocycles. The van der Waals surface area contributed by atoms with Crippen molar-refractivity contribution in [3.63, 3.8) is 0 Å². The van der Waals surface area contributed by atoms with Gasteiger partial charge in [0.1, 0.15) is 13.2 Å². The van der Waals surface area contributed by atoms with Crippen LogP contribution in [0.25, 0.3) is 0 Å². The average Bonchev–Trinajstić information content (AvgIpc) is 2.94. The van der Waals surface area contributed by atoms with Gasteiger partial charge in [-0.3, -0.25) is 9.69 Å². The zero-order valence-electron chi connectivity index (χ0n) is 13.1. The number of hydrogen-bond acceptors (Lipinski definition) is 7. The van der Waals surface area contributed by atoms with E-state index in [2.05, 4.69) is 32.1 Å². The zero-order chi connectivity index (χ0) is 16.2. The fourth-order valence-electron chi connectivity index (χ4n) is 2.50. The maximum absolute atomic E-state index is 11.9. The van der Waals surface area contributed by atoms with Crippen LogP contribution in [-0.4, -0.2) is 84.7 Å². The Labute approximate surface area is 134 Å². The van der Waals surface area contributed by atoms with Crippen LogP contribution < -0.4 is 10.2 Å². The quantitative estimate of drug-likeness (QED) is 0.808. The molecular weight excluding hydrogens is 300 g/mol. The van der Waals surface area contributed by atoms with Gasteiger partial charge in [-0.1, -0.05) is 0 Å². The summed E-state index contributed by atoms with van der Waals surface area (Å²) in [5, 5.41) is 2.69. The van der Waals surface area contributed by atoms with Gasteiger partial charge in [-0.15, -0.1) is 0 Å². The minimum atomic E-state index is -0.457. The number of carbonyl (C=O) groups excluding carboxylic acids is 2. The lowest BCUT2D eigenvalue weighted by atomic mass is 10.3. The van der Waals surface area contributed by atoms with E-state index < -0.39 is 6.09 Å². The molecule has 2 fully saturated rings. The van der Waals surface area contributed by atoms with Crippen molar-refractivity contribution in [2.24, 2.45) is 0 Å². The first kappa shape index (κ1) is 15.5. The molecule has 0 aromatic carbocycles. The van der Waals surface area contributed by atoms with Crippen LogP contribution in [0.5, 0.6) is 0 Å². The Morgan fingerprint density at radius 1 is 1.22 bits per heavy atom. The molecule has 3 heterocycles.